The van der Waals surface area contributed by atoms with E-state index in [0.29, 0.717) is 35.2 Å². The molecular formula is C20H20ClFN4O. The Morgan fingerprint density at radius 1 is 1.41 bits per heavy atom. The summed E-state index contributed by atoms with van der Waals surface area (Å²) in [6.07, 6.45) is 1.36. The van der Waals surface area contributed by atoms with Gasteiger partial charge in [0.1, 0.15) is 22.6 Å². The Hall–Kier alpha value is -2.60. The first-order valence-corrected chi connectivity index (χ1v) is 9.06. The molecule has 0 spiro atoms. The molecule has 0 bridgehead atoms. The zero-order valence-corrected chi connectivity index (χ0v) is 15.9. The first-order chi connectivity index (χ1) is 13.0. The summed E-state index contributed by atoms with van der Waals surface area (Å²) in [6.45, 7) is 4.65. The third-order valence-corrected chi connectivity index (χ3v) is 5.10. The quantitative estimate of drug-likeness (QED) is 0.585. The van der Waals surface area contributed by atoms with E-state index in [0.717, 1.165) is 16.8 Å². The van der Waals surface area contributed by atoms with E-state index in [1.165, 1.54) is 0 Å². The second kappa shape index (κ2) is 6.85. The van der Waals surface area contributed by atoms with Gasteiger partial charge in [-0.1, -0.05) is 30.3 Å². The molecule has 0 aliphatic heterocycles. The van der Waals surface area contributed by atoms with Gasteiger partial charge in [0, 0.05) is 31.3 Å². The SMILES string of the molecule is C=C([C@H]1C[C@H]1F)N(Cc1ccc(OC)cc1)c1nc(Cl)cc2c1ncn2C. The number of aryl methyl sites for hydroxylation is 1. The van der Waals surface area contributed by atoms with Gasteiger partial charge in [-0.05, 0) is 24.1 Å². The summed E-state index contributed by atoms with van der Waals surface area (Å²) in [5.41, 5.74) is 3.30. The highest BCUT2D eigenvalue weighted by Crippen LogP contribution is 2.43. The molecule has 1 saturated carbocycles. The molecule has 1 aliphatic rings. The molecule has 2 atom stereocenters. The second-order valence-electron chi connectivity index (χ2n) is 6.78. The lowest BCUT2D eigenvalue weighted by atomic mass is 10.1. The molecule has 0 radical (unpaired) electrons. The number of benzene rings is 1. The topological polar surface area (TPSA) is 43.2 Å². The van der Waals surface area contributed by atoms with Crippen LogP contribution >= 0.6 is 11.6 Å². The van der Waals surface area contributed by atoms with E-state index in [-0.39, 0.29) is 5.92 Å². The fraction of sp³-hybridized carbons (Fsp3) is 0.300. The largest absolute Gasteiger partial charge is 0.497 e. The number of aromatic nitrogens is 3. The fourth-order valence-corrected chi connectivity index (χ4v) is 3.39. The van der Waals surface area contributed by atoms with Crippen molar-refractivity contribution in [2.75, 3.05) is 12.0 Å². The minimum atomic E-state index is -0.853. The number of pyridine rings is 1. The van der Waals surface area contributed by atoms with Crippen molar-refractivity contribution in [1.82, 2.24) is 14.5 Å². The number of halogens is 2. The fourth-order valence-electron chi connectivity index (χ4n) is 3.20. The molecule has 2 aromatic heterocycles. The first kappa shape index (κ1) is 17.8. The predicted octanol–water partition coefficient (Wildman–Crippen LogP) is 4.51. The highest BCUT2D eigenvalue weighted by Gasteiger charge is 2.42. The van der Waals surface area contributed by atoms with Crippen LogP contribution in [0.4, 0.5) is 10.2 Å². The van der Waals surface area contributed by atoms with Gasteiger partial charge < -0.3 is 14.2 Å². The van der Waals surface area contributed by atoms with Gasteiger partial charge in [-0.3, -0.25) is 0 Å². The maximum absolute atomic E-state index is 13.8. The van der Waals surface area contributed by atoms with Crippen molar-refractivity contribution in [2.24, 2.45) is 13.0 Å². The van der Waals surface area contributed by atoms with E-state index < -0.39 is 6.17 Å². The number of nitrogens with zero attached hydrogens (tertiary/aromatic N) is 4. The van der Waals surface area contributed by atoms with Crippen molar-refractivity contribution < 1.29 is 9.13 Å². The van der Waals surface area contributed by atoms with Crippen molar-refractivity contribution in [1.29, 1.82) is 0 Å². The smallest absolute Gasteiger partial charge is 0.163 e. The van der Waals surface area contributed by atoms with Crippen molar-refractivity contribution in [3.63, 3.8) is 0 Å². The number of hydrogen-bond donors (Lipinski definition) is 0. The minimum absolute atomic E-state index is 0.192. The summed E-state index contributed by atoms with van der Waals surface area (Å²) < 4.78 is 20.9. The van der Waals surface area contributed by atoms with Crippen LogP contribution in [0.1, 0.15) is 12.0 Å². The van der Waals surface area contributed by atoms with Gasteiger partial charge in [0.15, 0.2) is 5.82 Å². The van der Waals surface area contributed by atoms with Gasteiger partial charge in [0.2, 0.25) is 0 Å². The predicted molar refractivity (Wildman–Crippen MR) is 105 cm³/mol. The minimum Gasteiger partial charge on any atom is -0.497 e. The summed E-state index contributed by atoms with van der Waals surface area (Å²) in [5, 5.41) is 0.362. The van der Waals surface area contributed by atoms with Gasteiger partial charge in [-0.15, -0.1) is 0 Å². The normalized spacial score (nSPS) is 18.5. The molecule has 4 rings (SSSR count). The number of anilines is 1. The monoisotopic (exact) mass is 386 g/mol. The van der Waals surface area contributed by atoms with Crippen LogP contribution in [-0.4, -0.2) is 27.8 Å². The van der Waals surface area contributed by atoms with E-state index in [2.05, 4.69) is 16.5 Å². The van der Waals surface area contributed by atoms with Crippen LogP contribution in [0, 0.1) is 5.92 Å². The van der Waals surface area contributed by atoms with Gasteiger partial charge in [-0.2, -0.15) is 0 Å². The Kier molecular flexibility index (Phi) is 4.52. The molecule has 0 unspecified atom stereocenters. The molecule has 7 heteroatoms. The summed E-state index contributed by atoms with van der Waals surface area (Å²) in [5.74, 6) is 1.18. The Morgan fingerprint density at radius 2 is 2.11 bits per heavy atom. The number of allylic oxidation sites excluding steroid dienone is 1. The van der Waals surface area contributed by atoms with E-state index >= 15 is 0 Å². The van der Waals surface area contributed by atoms with Crippen LogP contribution < -0.4 is 9.64 Å². The van der Waals surface area contributed by atoms with Crippen LogP contribution in [0.2, 0.25) is 5.15 Å². The maximum Gasteiger partial charge on any atom is 0.163 e. The molecular weight excluding hydrogens is 367 g/mol. The van der Waals surface area contributed by atoms with E-state index in [4.69, 9.17) is 16.3 Å². The number of hydrogen-bond acceptors (Lipinski definition) is 4. The Morgan fingerprint density at radius 3 is 2.74 bits per heavy atom. The summed E-state index contributed by atoms with van der Waals surface area (Å²) >= 11 is 6.27. The zero-order chi connectivity index (χ0) is 19.1. The molecule has 3 aromatic rings. The van der Waals surface area contributed by atoms with Gasteiger partial charge in [-0.25, -0.2) is 14.4 Å². The van der Waals surface area contributed by atoms with Crippen molar-refractivity contribution in [2.45, 2.75) is 19.1 Å². The Balaban J connectivity index is 1.77. The average Bonchev–Trinajstić information content (AvgIpc) is 3.29. The highest BCUT2D eigenvalue weighted by atomic mass is 35.5. The second-order valence-corrected chi connectivity index (χ2v) is 7.16. The number of fused-ring (bicyclic) bond motifs is 1. The van der Waals surface area contributed by atoms with Crippen molar-refractivity contribution in [3.8, 4) is 5.75 Å². The molecule has 2 heterocycles. The van der Waals surface area contributed by atoms with Crippen LogP contribution in [-0.2, 0) is 13.6 Å². The third kappa shape index (κ3) is 3.37. The number of methoxy groups -OCH3 is 1. The zero-order valence-electron chi connectivity index (χ0n) is 15.2. The summed E-state index contributed by atoms with van der Waals surface area (Å²) in [4.78, 5) is 10.9. The standard InChI is InChI=1S/C20H20ClFN4O/c1-12(15-8-16(15)22)26(10-13-4-6-14(27-3)7-5-13)20-19-17(9-18(21)24-20)25(2)11-23-19/h4-7,9,11,15-16H,1,8,10H2,2-3H3/t15-,16-/m1/s1. The van der Waals surface area contributed by atoms with E-state index in [9.17, 15) is 4.39 Å². The molecule has 140 valence electrons. The molecule has 27 heavy (non-hydrogen) atoms. The molecule has 1 aromatic carbocycles. The lowest BCUT2D eigenvalue weighted by Crippen LogP contribution is -2.24. The number of alkyl halides is 1. The number of ether oxygens (including phenoxy) is 1. The van der Waals surface area contributed by atoms with Crippen LogP contribution in [0.15, 0.2) is 48.9 Å². The summed E-state index contributed by atoms with van der Waals surface area (Å²) in [7, 11) is 3.53. The maximum atomic E-state index is 13.8. The van der Waals surface area contributed by atoms with Crippen LogP contribution in [0.3, 0.4) is 0 Å². The van der Waals surface area contributed by atoms with Crippen LogP contribution in [0.5, 0.6) is 5.75 Å². The van der Waals surface area contributed by atoms with E-state index in [1.54, 1.807) is 19.5 Å². The molecule has 0 N–H and O–H groups in total. The Bertz CT molecular complexity index is 1000. The van der Waals surface area contributed by atoms with Crippen LogP contribution in [0.25, 0.3) is 11.0 Å². The third-order valence-electron chi connectivity index (χ3n) is 4.91. The molecule has 0 saturated heterocycles. The molecule has 0 amide bonds. The first-order valence-electron chi connectivity index (χ1n) is 8.69. The van der Waals surface area contributed by atoms with Crippen molar-refractivity contribution in [3.05, 3.63) is 59.7 Å². The lowest BCUT2D eigenvalue weighted by Gasteiger charge is -2.26. The molecule has 1 fully saturated rings. The van der Waals surface area contributed by atoms with Crippen molar-refractivity contribution >= 4 is 28.5 Å². The highest BCUT2D eigenvalue weighted by molar-refractivity contribution is 6.30. The lowest BCUT2D eigenvalue weighted by molar-refractivity contribution is 0.414. The molecule has 5 nitrogen and oxygen atoms in total. The van der Waals surface area contributed by atoms with Gasteiger partial charge >= 0.3 is 0 Å². The van der Waals surface area contributed by atoms with Gasteiger partial charge in [0.05, 0.1) is 19.0 Å². The molecule has 1 aliphatic carbocycles. The Labute approximate surface area is 162 Å². The number of imidazole rings is 1. The summed E-state index contributed by atoms with van der Waals surface area (Å²) in [6, 6.07) is 9.51. The van der Waals surface area contributed by atoms with E-state index in [1.807, 2.05) is 40.8 Å². The average molecular weight is 387 g/mol. The van der Waals surface area contributed by atoms with Gasteiger partial charge in [0.25, 0.3) is 0 Å². The number of rotatable bonds is 6.